The van der Waals surface area contributed by atoms with Gasteiger partial charge in [0.15, 0.2) is 5.78 Å². The minimum absolute atomic E-state index is 0.159. The molecule has 2 aromatic rings. The van der Waals surface area contributed by atoms with E-state index in [0.29, 0.717) is 40.0 Å². The van der Waals surface area contributed by atoms with Gasteiger partial charge in [-0.15, -0.1) is 0 Å². The number of carbonyl (C=O) groups is 4. The normalized spacial score (nSPS) is 13.3. The first kappa shape index (κ1) is 20.5. The smallest absolute Gasteiger partial charge is 0.321 e. The number of fused-ring (bicyclic) bond motifs is 2. The number of esters is 3. The Bertz CT molecular complexity index is 1020. The summed E-state index contributed by atoms with van der Waals surface area (Å²) in [5.74, 6) is -2.53. The number of rotatable bonds is 4. The molecule has 0 fully saturated rings. The molecule has 3 rings (SSSR count). The molecule has 0 radical (unpaired) electrons. The first-order chi connectivity index (χ1) is 13.7. The second kappa shape index (κ2) is 7.99. The van der Waals surface area contributed by atoms with Gasteiger partial charge in [0.2, 0.25) is 0 Å². The molecule has 6 nitrogen and oxygen atoms in total. The number of ether oxygens (including phenoxy) is 2. The van der Waals surface area contributed by atoms with Crippen molar-refractivity contribution in [3.05, 3.63) is 64.2 Å². The van der Waals surface area contributed by atoms with E-state index in [1.54, 1.807) is 36.4 Å². The topological polar surface area (TPSA) is 86.7 Å². The van der Waals surface area contributed by atoms with E-state index < -0.39 is 23.8 Å². The molecule has 0 bridgehead atoms. The molecule has 29 heavy (non-hydrogen) atoms. The van der Waals surface area contributed by atoms with Crippen molar-refractivity contribution in [2.75, 3.05) is 0 Å². The molecule has 0 saturated heterocycles. The maximum Gasteiger partial charge on any atom is 0.321 e. The number of carbonyl (C=O) groups excluding carboxylic acids is 4. The van der Waals surface area contributed by atoms with Gasteiger partial charge < -0.3 is 9.47 Å². The number of ketones is 1. The van der Waals surface area contributed by atoms with Gasteiger partial charge in [-0.25, -0.2) is 0 Å². The zero-order valence-electron chi connectivity index (χ0n) is 16.8. The van der Waals surface area contributed by atoms with E-state index in [-0.39, 0.29) is 11.7 Å². The van der Waals surface area contributed by atoms with Crippen LogP contribution in [0.4, 0.5) is 0 Å². The average Bonchev–Trinajstić information content (AvgIpc) is 2.62. The van der Waals surface area contributed by atoms with Gasteiger partial charge in [0.05, 0.1) is 5.92 Å². The van der Waals surface area contributed by atoms with Crippen LogP contribution >= 0.6 is 0 Å². The molecule has 150 valence electrons. The highest BCUT2D eigenvalue weighted by atomic mass is 16.6. The Labute approximate surface area is 168 Å². The zero-order valence-corrected chi connectivity index (χ0v) is 16.8. The zero-order chi connectivity index (χ0) is 21.3. The molecule has 0 spiro atoms. The van der Waals surface area contributed by atoms with Crippen molar-refractivity contribution >= 4 is 23.7 Å². The lowest BCUT2D eigenvalue weighted by molar-refractivity contribution is -0.160. The van der Waals surface area contributed by atoms with E-state index in [9.17, 15) is 19.2 Å². The Morgan fingerprint density at radius 3 is 2.10 bits per heavy atom. The lowest BCUT2D eigenvalue weighted by Crippen LogP contribution is -2.26. The van der Waals surface area contributed by atoms with Gasteiger partial charge in [-0.05, 0) is 23.1 Å². The SMILES string of the molecule is CC(=O)OC(=O)C(c1cccc2c1Cc1c(OC(C)=O)cccc1C2=O)C(C)C. The van der Waals surface area contributed by atoms with Crippen LogP contribution in [0.2, 0.25) is 0 Å². The largest absolute Gasteiger partial charge is 0.426 e. The summed E-state index contributed by atoms with van der Waals surface area (Å²) in [6.45, 7) is 6.19. The Morgan fingerprint density at radius 1 is 0.897 bits per heavy atom. The van der Waals surface area contributed by atoms with E-state index in [4.69, 9.17) is 9.47 Å². The van der Waals surface area contributed by atoms with Gasteiger partial charge in [-0.2, -0.15) is 0 Å². The van der Waals surface area contributed by atoms with E-state index in [2.05, 4.69) is 0 Å². The minimum atomic E-state index is -0.705. The second-order valence-electron chi connectivity index (χ2n) is 7.39. The average molecular weight is 394 g/mol. The van der Waals surface area contributed by atoms with Gasteiger partial charge in [-0.3, -0.25) is 19.2 Å². The second-order valence-corrected chi connectivity index (χ2v) is 7.39. The molecular formula is C23H22O6. The van der Waals surface area contributed by atoms with Crippen LogP contribution in [0.5, 0.6) is 5.75 Å². The molecular weight excluding hydrogens is 372 g/mol. The molecule has 0 saturated carbocycles. The lowest BCUT2D eigenvalue weighted by Gasteiger charge is -2.27. The first-order valence-electron chi connectivity index (χ1n) is 9.39. The van der Waals surface area contributed by atoms with E-state index >= 15 is 0 Å². The maximum absolute atomic E-state index is 13.1. The van der Waals surface area contributed by atoms with Crippen molar-refractivity contribution in [1.29, 1.82) is 0 Å². The molecule has 0 aromatic heterocycles. The molecule has 2 aromatic carbocycles. The van der Waals surface area contributed by atoms with Crippen LogP contribution in [0, 0.1) is 5.92 Å². The molecule has 0 amide bonds. The molecule has 6 heteroatoms. The Balaban J connectivity index is 2.14. The highest BCUT2D eigenvalue weighted by Crippen LogP contribution is 2.38. The Morgan fingerprint density at radius 2 is 1.52 bits per heavy atom. The molecule has 1 aliphatic carbocycles. The number of benzene rings is 2. The van der Waals surface area contributed by atoms with Crippen molar-refractivity contribution in [2.24, 2.45) is 5.92 Å². The van der Waals surface area contributed by atoms with Crippen LogP contribution in [0.1, 0.15) is 66.2 Å². The van der Waals surface area contributed by atoms with Gasteiger partial charge in [-0.1, -0.05) is 44.2 Å². The summed E-state index contributed by atoms with van der Waals surface area (Å²) in [7, 11) is 0. The molecule has 1 aliphatic rings. The molecule has 1 atom stereocenters. The summed E-state index contributed by atoms with van der Waals surface area (Å²) in [6, 6.07) is 10.2. The molecule has 0 heterocycles. The van der Waals surface area contributed by atoms with E-state index in [1.807, 2.05) is 13.8 Å². The molecule has 0 aliphatic heterocycles. The van der Waals surface area contributed by atoms with Crippen molar-refractivity contribution < 1.29 is 28.7 Å². The van der Waals surface area contributed by atoms with Crippen LogP contribution in [0.25, 0.3) is 0 Å². The first-order valence-corrected chi connectivity index (χ1v) is 9.39. The summed E-state index contributed by atoms with van der Waals surface area (Å²) in [5.41, 5.74) is 2.90. The van der Waals surface area contributed by atoms with Gasteiger partial charge >= 0.3 is 17.9 Å². The molecule has 1 unspecified atom stereocenters. The Hall–Kier alpha value is -3.28. The van der Waals surface area contributed by atoms with Crippen molar-refractivity contribution in [1.82, 2.24) is 0 Å². The summed E-state index contributed by atoms with van der Waals surface area (Å²) in [5, 5.41) is 0. The van der Waals surface area contributed by atoms with Crippen LogP contribution in [0.3, 0.4) is 0 Å². The quantitative estimate of drug-likeness (QED) is 0.382. The van der Waals surface area contributed by atoms with E-state index in [1.165, 1.54) is 13.8 Å². The highest BCUT2D eigenvalue weighted by molar-refractivity contribution is 6.13. The van der Waals surface area contributed by atoms with Crippen molar-refractivity contribution in [2.45, 2.75) is 40.0 Å². The lowest BCUT2D eigenvalue weighted by atomic mass is 9.77. The summed E-state index contributed by atoms with van der Waals surface area (Å²) in [6.07, 6.45) is 0.326. The van der Waals surface area contributed by atoms with Crippen LogP contribution in [-0.2, 0) is 25.5 Å². The predicted molar refractivity (Wildman–Crippen MR) is 105 cm³/mol. The Kier molecular flexibility index (Phi) is 5.64. The van der Waals surface area contributed by atoms with Gasteiger partial charge in [0.25, 0.3) is 0 Å². The maximum atomic E-state index is 13.1. The standard InChI is InChI=1S/C23H22O6/c1-12(2)21(23(27)29-14(4)25)15-7-5-8-16-18(15)11-19-17(22(16)26)9-6-10-20(19)28-13(3)24/h5-10,12,21H,11H2,1-4H3. The fourth-order valence-electron chi connectivity index (χ4n) is 3.80. The summed E-state index contributed by atoms with van der Waals surface area (Å²) < 4.78 is 10.2. The third-order valence-electron chi connectivity index (χ3n) is 4.94. The summed E-state index contributed by atoms with van der Waals surface area (Å²) >= 11 is 0. The van der Waals surface area contributed by atoms with Crippen LogP contribution in [0.15, 0.2) is 36.4 Å². The highest BCUT2D eigenvalue weighted by Gasteiger charge is 2.34. The monoisotopic (exact) mass is 394 g/mol. The number of hydrogen-bond acceptors (Lipinski definition) is 6. The van der Waals surface area contributed by atoms with Crippen molar-refractivity contribution in [3.8, 4) is 5.75 Å². The van der Waals surface area contributed by atoms with Crippen molar-refractivity contribution in [3.63, 3.8) is 0 Å². The molecule has 0 N–H and O–H groups in total. The van der Waals surface area contributed by atoms with E-state index in [0.717, 1.165) is 0 Å². The fraction of sp³-hybridized carbons (Fsp3) is 0.304. The minimum Gasteiger partial charge on any atom is -0.426 e. The van der Waals surface area contributed by atoms with Crippen LogP contribution in [-0.4, -0.2) is 23.7 Å². The van der Waals surface area contributed by atoms with Gasteiger partial charge in [0.1, 0.15) is 5.75 Å². The predicted octanol–water partition coefficient (Wildman–Crippen LogP) is 3.58. The van der Waals surface area contributed by atoms with Gasteiger partial charge in [0, 0.05) is 37.0 Å². The number of hydrogen-bond donors (Lipinski definition) is 0. The third kappa shape index (κ3) is 3.97. The van der Waals surface area contributed by atoms with Crippen LogP contribution < -0.4 is 4.74 Å². The summed E-state index contributed by atoms with van der Waals surface area (Å²) in [4.78, 5) is 48.6. The third-order valence-corrected chi connectivity index (χ3v) is 4.94. The fourth-order valence-corrected chi connectivity index (χ4v) is 3.80.